The van der Waals surface area contributed by atoms with E-state index in [0.717, 1.165) is 58.3 Å². The number of rotatable bonds is 23. The van der Waals surface area contributed by atoms with E-state index in [1.807, 2.05) is 55.4 Å². The number of halogens is 1. The van der Waals surface area contributed by atoms with Crippen molar-refractivity contribution >= 4 is 76.3 Å². The number of likely N-dealkylation sites (tertiary alicyclic amines) is 2. The van der Waals surface area contributed by atoms with E-state index in [1.165, 1.54) is 34.6 Å². The zero-order valence-electron chi connectivity index (χ0n) is 57.1. The number of nitrogens with one attached hydrogen (secondary N) is 7. The van der Waals surface area contributed by atoms with Gasteiger partial charge in [-0.3, -0.25) is 52.9 Å². The number of piperidine rings is 1. The molecule has 2 aromatic heterocycles. The van der Waals surface area contributed by atoms with Gasteiger partial charge in [0.1, 0.15) is 42.0 Å². The summed E-state index contributed by atoms with van der Waals surface area (Å²) in [6, 6.07) is -7.06. The van der Waals surface area contributed by atoms with Crippen LogP contribution in [-0.2, 0) is 43.2 Å². The first-order chi connectivity index (χ1) is 43.3. The third kappa shape index (κ3) is 20.2. The number of Topliss-reactive ketones (excluding diaryl/α,β-unsaturated/α-hetero) is 3. The summed E-state index contributed by atoms with van der Waals surface area (Å²) in [5.41, 5.74) is -2.18. The summed E-state index contributed by atoms with van der Waals surface area (Å²) < 4.78 is 23.9. The van der Waals surface area contributed by atoms with E-state index in [9.17, 15) is 52.7 Å². The average Bonchev–Trinajstić information content (AvgIpc) is 1.52. The number of urea groups is 1. The molecule has 4 aliphatic carbocycles. The van der Waals surface area contributed by atoms with Crippen molar-refractivity contribution in [3.8, 4) is 5.88 Å². The fourth-order valence-electron chi connectivity index (χ4n) is 12.6. The molecule has 10 atom stereocenters. The number of carbonyl (C=O) groups excluding carboxylic acids is 11. The molecule has 1 unspecified atom stereocenters. The maximum absolute atomic E-state index is 14.7. The van der Waals surface area contributed by atoms with Gasteiger partial charge in [0.25, 0.3) is 11.8 Å². The van der Waals surface area contributed by atoms with E-state index in [-0.39, 0.29) is 93.3 Å². The SMILES string of the molecule is C.C.[2H][C@@](CC1CCC1)(NC(=O)[C@@H]1[C@@H]2[C@H](CN1C(=O)[C@@H](NC(=O)NC(C)(C)C)C(C)(C)C)C2(C)C)C(=O)C(C)=O.[2H][C@@](CCC)(NC(=O)C1C[C@@H](Oc2ccc(Cl)cn2)CN1C(=O)[C@@H](NC(=O)[C@@H](NC(=O)c1cnccn1)C1CCCCC1)C(C)(C)C)C(=O)C(=O)NC1CC1. The van der Waals surface area contributed by atoms with Crippen molar-refractivity contribution in [2.45, 2.75) is 255 Å². The summed E-state index contributed by atoms with van der Waals surface area (Å²) in [4.78, 5) is 163. The number of ketones is 3. The Bertz CT molecular complexity index is 3130. The van der Waals surface area contributed by atoms with Crippen LogP contribution in [0.1, 0.15) is 208 Å². The fourth-order valence-corrected chi connectivity index (χ4v) is 12.7. The van der Waals surface area contributed by atoms with Crippen molar-refractivity contribution in [1.82, 2.24) is 62.0 Å². The standard InChI is InChI=1S/C38H51ClN8O7.C28H46N4O5.2CH4/c1-5-9-26(31(48)36(52)43-24-13-14-24)44-34(50)28-18-25(54-29-15-12-23(39)19-42-29)21-47(28)37(53)32(38(2,3)4)46-35(51)30(22-10-7-6-8-11-22)45-33(49)27-20-40-16-17-41-27;1-15(33)21(34)18(13-16-11-10-12-16)29-23(35)20-19-17(28(19,8)9)14-32(20)24(36)22(26(2,3)4)30-25(37)31-27(5,6)7;;/h12,15-17,19-20,22,24-26,28,30,32H,5-11,13-14,18,21H2,1-4H3,(H,43,52)(H,44,50)(H,45,49)(H,46,51);16-20,22H,10-14H2,1-9H3,(H,29,35)(H2,30,31,37);2*1H4/t25-,26+,28?,30+,32-;17-,18-,19-,20-,22+;;/m10../s1/i26D;18D;;. The lowest BCUT2D eigenvalue weighted by molar-refractivity contribution is -0.145. The van der Waals surface area contributed by atoms with Crippen LogP contribution in [0.3, 0.4) is 0 Å². The quantitative estimate of drug-likeness (QED) is 0.0551. The number of hydrogen-bond donors (Lipinski definition) is 7. The number of carbonyl (C=O) groups is 11. The minimum absolute atomic E-state index is 0. The molecule has 4 heterocycles. The minimum Gasteiger partial charge on any atom is -0.472 e. The summed E-state index contributed by atoms with van der Waals surface area (Å²) in [7, 11) is 0. The Morgan fingerprint density at radius 3 is 1.88 bits per heavy atom. The molecule has 8 rings (SSSR count). The van der Waals surface area contributed by atoms with Crippen LogP contribution in [0, 0.1) is 39.9 Å². The number of amides is 9. The van der Waals surface area contributed by atoms with Crippen molar-refractivity contribution in [2.75, 3.05) is 13.1 Å². The maximum Gasteiger partial charge on any atom is 0.315 e. The highest BCUT2D eigenvalue weighted by Crippen LogP contribution is 2.65. The Kier molecular flexibility index (Phi) is 25.1. The molecule has 25 heteroatoms. The monoisotopic (exact) mass is 1320 g/mol. The van der Waals surface area contributed by atoms with Crippen molar-refractivity contribution in [2.24, 2.45) is 39.9 Å². The van der Waals surface area contributed by atoms with E-state index in [1.54, 1.807) is 39.8 Å². The number of pyridine rings is 1. The molecule has 2 aliphatic heterocycles. The molecule has 6 aliphatic rings. The van der Waals surface area contributed by atoms with Crippen LogP contribution in [-0.4, -0.2) is 163 Å². The maximum atomic E-state index is 14.7. The van der Waals surface area contributed by atoms with Crippen LogP contribution < -0.4 is 42.0 Å². The predicted octanol–water partition coefficient (Wildman–Crippen LogP) is 7.00. The second-order valence-corrected chi connectivity index (χ2v) is 29.7. The van der Waals surface area contributed by atoms with Gasteiger partial charge < -0.3 is 51.8 Å². The third-order valence-corrected chi connectivity index (χ3v) is 18.3. The molecule has 2 aromatic rings. The zero-order valence-corrected chi connectivity index (χ0v) is 55.9. The Morgan fingerprint density at radius 1 is 0.720 bits per heavy atom. The van der Waals surface area contributed by atoms with Gasteiger partial charge >= 0.3 is 6.03 Å². The van der Waals surface area contributed by atoms with Crippen molar-refractivity contribution in [1.29, 1.82) is 0 Å². The van der Waals surface area contributed by atoms with E-state index in [4.69, 9.17) is 19.1 Å². The molecular weight excluding hydrogens is 1210 g/mol. The smallest absolute Gasteiger partial charge is 0.315 e. The van der Waals surface area contributed by atoms with Crippen LogP contribution in [0.4, 0.5) is 4.79 Å². The number of fused-ring (bicyclic) bond motifs is 1. The molecule has 0 bridgehead atoms. The zero-order chi connectivity index (χ0) is 68.9. The molecule has 0 spiro atoms. The summed E-state index contributed by atoms with van der Waals surface area (Å²) >= 11 is 6.01. The lowest BCUT2D eigenvalue weighted by atomic mass is 9.79. The number of hydrogen-bond acceptors (Lipinski definition) is 15. The lowest BCUT2D eigenvalue weighted by Crippen LogP contribution is -2.62. The van der Waals surface area contributed by atoms with Gasteiger partial charge in [-0.2, -0.15) is 0 Å². The van der Waals surface area contributed by atoms with Crippen LogP contribution in [0.15, 0.2) is 36.9 Å². The Morgan fingerprint density at radius 2 is 1.34 bits per heavy atom. The van der Waals surface area contributed by atoms with Gasteiger partial charge in [0.15, 0.2) is 5.78 Å². The minimum atomic E-state index is -2.29. The van der Waals surface area contributed by atoms with Gasteiger partial charge in [-0.1, -0.05) is 134 Å². The first-order valence-corrected chi connectivity index (χ1v) is 32.6. The molecule has 24 nitrogen and oxygen atoms in total. The van der Waals surface area contributed by atoms with Crippen LogP contribution in [0.5, 0.6) is 5.88 Å². The number of ether oxygens (including phenoxy) is 1. The first-order valence-electron chi connectivity index (χ1n) is 33.2. The van der Waals surface area contributed by atoms with Gasteiger partial charge in [0, 0.05) is 56.1 Å². The molecule has 0 aromatic carbocycles. The highest BCUT2D eigenvalue weighted by Gasteiger charge is 2.70. The third-order valence-electron chi connectivity index (χ3n) is 18.1. The molecule has 6 fully saturated rings. The largest absolute Gasteiger partial charge is 0.472 e. The lowest BCUT2D eigenvalue weighted by Gasteiger charge is -2.38. The van der Waals surface area contributed by atoms with Gasteiger partial charge in [0.05, 0.1) is 32.5 Å². The van der Waals surface area contributed by atoms with Gasteiger partial charge in [-0.05, 0) is 105 Å². The van der Waals surface area contributed by atoms with Crippen molar-refractivity contribution < 1.29 is 60.2 Å². The average molecular weight is 1320 g/mol. The highest BCUT2D eigenvalue weighted by molar-refractivity contribution is 6.39. The molecule has 516 valence electrons. The van der Waals surface area contributed by atoms with E-state index < -0.39 is 124 Å². The second kappa shape index (κ2) is 31.9. The molecule has 93 heavy (non-hydrogen) atoms. The van der Waals surface area contributed by atoms with Gasteiger partial charge in [-0.25, -0.2) is 14.8 Å². The van der Waals surface area contributed by atoms with Crippen molar-refractivity contribution in [3.63, 3.8) is 0 Å². The van der Waals surface area contributed by atoms with Gasteiger partial charge in [0.2, 0.25) is 47.0 Å². The molecular formula is C68H105ClN12O12. The normalized spacial score (nSPS) is 23.4. The molecule has 9 amide bonds. The van der Waals surface area contributed by atoms with Crippen LogP contribution in [0.25, 0.3) is 0 Å². The summed E-state index contributed by atoms with van der Waals surface area (Å²) in [6.07, 6.45) is 13.3. The summed E-state index contributed by atoms with van der Waals surface area (Å²) in [5, 5.41) is 19.5. The highest BCUT2D eigenvalue weighted by atomic mass is 35.5. The van der Waals surface area contributed by atoms with E-state index >= 15 is 0 Å². The number of aromatic nitrogens is 3. The molecule has 2 saturated heterocycles. The van der Waals surface area contributed by atoms with E-state index in [0.29, 0.717) is 30.8 Å². The van der Waals surface area contributed by atoms with Crippen LogP contribution in [0.2, 0.25) is 5.02 Å². The summed E-state index contributed by atoms with van der Waals surface area (Å²) in [5.74, 6) is -7.25. The Balaban J connectivity index is 0.000000359. The Hall–Kier alpha value is -7.11. The van der Waals surface area contributed by atoms with E-state index in [2.05, 4.69) is 52.2 Å². The second-order valence-electron chi connectivity index (χ2n) is 29.2. The number of nitrogens with zero attached hydrogens (tertiary/aromatic N) is 5. The fraction of sp³-hybridized carbons (Fsp3) is 0.706. The van der Waals surface area contributed by atoms with Crippen molar-refractivity contribution in [3.05, 3.63) is 47.6 Å². The summed E-state index contributed by atoms with van der Waals surface area (Å²) in [6.45, 7) is 23.6. The Labute approximate surface area is 557 Å². The molecule has 0 radical (unpaired) electrons. The first kappa shape index (κ1) is 73.3. The van der Waals surface area contributed by atoms with Crippen LogP contribution >= 0.6 is 11.6 Å². The molecule has 7 N–H and O–H groups in total. The van der Waals surface area contributed by atoms with Gasteiger partial charge in [-0.15, -0.1) is 0 Å². The topological polar surface area (TPSA) is 326 Å². The predicted molar refractivity (Wildman–Crippen MR) is 352 cm³/mol. The molecule has 4 saturated carbocycles.